The lowest BCUT2D eigenvalue weighted by Crippen LogP contribution is -2.26. The molecule has 0 amide bonds. The molecule has 2 heterocycles. The van der Waals surface area contributed by atoms with Crippen molar-refractivity contribution >= 4 is 21.4 Å². The molecule has 0 radical (unpaired) electrons. The minimum Gasteiger partial charge on any atom is -0.351 e. The fourth-order valence-electron chi connectivity index (χ4n) is 2.43. The van der Waals surface area contributed by atoms with Crippen molar-refractivity contribution in [2.75, 3.05) is 6.54 Å². The van der Waals surface area contributed by atoms with Gasteiger partial charge in [-0.25, -0.2) is 13.1 Å². The Hall–Kier alpha value is -2.17. The summed E-state index contributed by atoms with van der Waals surface area (Å²) in [4.78, 5) is 1.04. The number of benzene rings is 1. The summed E-state index contributed by atoms with van der Waals surface area (Å²) in [6, 6.07) is 8.85. The number of aryl methyl sites for hydroxylation is 1. The van der Waals surface area contributed by atoms with E-state index in [1.807, 2.05) is 17.5 Å². The lowest BCUT2D eigenvalue weighted by molar-refractivity contribution is -0.155. The average molecular weight is 416 g/mol. The second-order valence-corrected chi connectivity index (χ2v) is 8.55. The van der Waals surface area contributed by atoms with Gasteiger partial charge >= 0.3 is 6.18 Å². The third-order valence-corrected chi connectivity index (χ3v) is 6.35. The van der Waals surface area contributed by atoms with Gasteiger partial charge in [-0.05, 0) is 36.4 Å². The van der Waals surface area contributed by atoms with Crippen LogP contribution in [0.25, 0.3) is 11.3 Å². The molecule has 0 unspecified atom stereocenters. The summed E-state index contributed by atoms with van der Waals surface area (Å²) >= 11 is 1.53. The molecular formula is C17H15F3N2O3S2. The van der Waals surface area contributed by atoms with Crippen molar-refractivity contribution in [1.29, 1.82) is 0 Å². The fraction of sp³-hybridized carbons (Fsp3) is 0.235. The molecule has 5 nitrogen and oxygen atoms in total. The van der Waals surface area contributed by atoms with Gasteiger partial charge in [-0.3, -0.25) is 0 Å². The van der Waals surface area contributed by atoms with Crippen LogP contribution in [0, 0.1) is 6.92 Å². The Balaban J connectivity index is 1.83. The van der Waals surface area contributed by atoms with Crippen LogP contribution in [0.15, 0.2) is 51.2 Å². The molecule has 3 rings (SSSR count). The molecule has 0 fully saturated rings. The largest absolute Gasteiger partial charge is 0.452 e. The first-order valence-electron chi connectivity index (χ1n) is 7.84. The first-order valence-corrected chi connectivity index (χ1v) is 10.2. The standard InChI is InChI=1S/C17H15F3N2O3S2/c1-11-4-5-12(14-10-16(25-22-14)17(18,19)20)9-15(11)27(23,24)21-7-6-13-3-2-8-26-13/h2-5,8-10,21H,6-7H2,1H3. The third-order valence-electron chi connectivity index (χ3n) is 3.81. The van der Waals surface area contributed by atoms with Gasteiger partial charge in [-0.1, -0.05) is 23.4 Å². The molecule has 0 spiro atoms. The van der Waals surface area contributed by atoms with E-state index in [4.69, 9.17) is 0 Å². The predicted octanol–water partition coefficient (Wildman–Crippen LogP) is 4.25. The Labute approximate surface area is 157 Å². The van der Waals surface area contributed by atoms with E-state index in [1.54, 1.807) is 6.92 Å². The summed E-state index contributed by atoms with van der Waals surface area (Å²) in [7, 11) is -3.82. The van der Waals surface area contributed by atoms with E-state index >= 15 is 0 Å². The summed E-state index contributed by atoms with van der Waals surface area (Å²) in [5.74, 6) is -1.24. The number of nitrogens with one attached hydrogen (secondary N) is 1. The van der Waals surface area contributed by atoms with Gasteiger partial charge in [0.1, 0.15) is 5.69 Å². The Morgan fingerprint density at radius 2 is 2.00 bits per heavy atom. The summed E-state index contributed by atoms with van der Waals surface area (Å²) < 4.78 is 70.0. The molecule has 3 aromatic rings. The average Bonchev–Trinajstić information content (AvgIpc) is 3.26. The monoisotopic (exact) mass is 416 g/mol. The van der Waals surface area contributed by atoms with Crippen LogP contribution < -0.4 is 4.72 Å². The van der Waals surface area contributed by atoms with Crippen molar-refractivity contribution in [2.45, 2.75) is 24.4 Å². The molecule has 0 atom stereocenters. The van der Waals surface area contributed by atoms with Crippen molar-refractivity contribution in [2.24, 2.45) is 0 Å². The van der Waals surface area contributed by atoms with E-state index in [0.717, 1.165) is 10.9 Å². The summed E-state index contributed by atoms with van der Waals surface area (Å²) in [6.07, 6.45) is -4.11. The van der Waals surface area contributed by atoms with Gasteiger partial charge in [0, 0.05) is 23.1 Å². The van der Waals surface area contributed by atoms with Crippen LogP contribution in [0.1, 0.15) is 16.2 Å². The molecule has 0 bridgehead atoms. The number of thiophene rings is 1. The summed E-state index contributed by atoms with van der Waals surface area (Å²) in [5.41, 5.74) is 0.609. The second-order valence-electron chi connectivity index (χ2n) is 5.78. The number of halogens is 3. The lowest BCUT2D eigenvalue weighted by Gasteiger charge is -2.10. The Bertz CT molecular complexity index is 1030. The van der Waals surface area contributed by atoms with E-state index in [1.165, 1.54) is 29.5 Å². The van der Waals surface area contributed by atoms with Gasteiger partial charge in [0.2, 0.25) is 15.8 Å². The van der Waals surface area contributed by atoms with E-state index in [2.05, 4.69) is 14.4 Å². The predicted molar refractivity (Wildman–Crippen MR) is 94.9 cm³/mol. The smallest absolute Gasteiger partial charge is 0.351 e. The molecule has 0 aliphatic carbocycles. The van der Waals surface area contributed by atoms with Crippen LogP contribution >= 0.6 is 11.3 Å². The maximum absolute atomic E-state index is 12.7. The normalized spacial score (nSPS) is 12.4. The van der Waals surface area contributed by atoms with Gasteiger partial charge in [0.25, 0.3) is 0 Å². The number of aromatic nitrogens is 1. The highest BCUT2D eigenvalue weighted by molar-refractivity contribution is 7.89. The first kappa shape index (κ1) is 19.6. The van der Waals surface area contributed by atoms with Gasteiger partial charge in [0.05, 0.1) is 4.90 Å². The van der Waals surface area contributed by atoms with Crippen molar-refractivity contribution in [1.82, 2.24) is 9.88 Å². The van der Waals surface area contributed by atoms with E-state index in [9.17, 15) is 21.6 Å². The Morgan fingerprint density at radius 1 is 1.22 bits per heavy atom. The van der Waals surface area contributed by atoms with Crippen molar-refractivity contribution in [3.05, 3.63) is 58.0 Å². The van der Waals surface area contributed by atoms with Gasteiger partial charge in [-0.15, -0.1) is 11.3 Å². The molecule has 10 heteroatoms. The highest BCUT2D eigenvalue weighted by atomic mass is 32.2. The van der Waals surface area contributed by atoms with Crippen LogP contribution in [0.5, 0.6) is 0 Å². The highest BCUT2D eigenvalue weighted by Gasteiger charge is 2.36. The minimum absolute atomic E-state index is 0.0114. The van der Waals surface area contributed by atoms with Crippen LogP contribution in [-0.4, -0.2) is 20.1 Å². The van der Waals surface area contributed by atoms with E-state index in [-0.39, 0.29) is 22.7 Å². The van der Waals surface area contributed by atoms with Gasteiger partial charge in [0.15, 0.2) is 0 Å². The molecule has 0 aliphatic heterocycles. The van der Waals surface area contributed by atoms with Gasteiger partial charge in [-0.2, -0.15) is 13.2 Å². The van der Waals surface area contributed by atoms with Gasteiger partial charge < -0.3 is 4.52 Å². The zero-order chi connectivity index (χ0) is 19.7. The fourth-order valence-corrected chi connectivity index (χ4v) is 4.44. The zero-order valence-corrected chi connectivity index (χ0v) is 15.7. The molecule has 27 heavy (non-hydrogen) atoms. The first-order chi connectivity index (χ1) is 12.7. The zero-order valence-electron chi connectivity index (χ0n) is 14.1. The lowest BCUT2D eigenvalue weighted by atomic mass is 10.1. The topological polar surface area (TPSA) is 72.2 Å². The highest BCUT2D eigenvalue weighted by Crippen LogP contribution is 2.33. The number of rotatable bonds is 6. The molecular weight excluding hydrogens is 401 g/mol. The molecule has 0 saturated heterocycles. The number of hydrogen-bond donors (Lipinski definition) is 1. The number of nitrogens with zero attached hydrogens (tertiary/aromatic N) is 1. The molecule has 1 N–H and O–H groups in total. The summed E-state index contributed by atoms with van der Waals surface area (Å²) in [5, 5.41) is 5.30. The minimum atomic E-state index is -4.66. The second kappa shape index (κ2) is 7.45. The molecule has 0 saturated carbocycles. The van der Waals surface area contributed by atoms with Crippen LogP contribution in [0.4, 0.5) is 13.2 Å². The van der Waals surface area contributed by atoms with Crippen LogP contribution in [0.2, 0.25) is 0 Å². The Morgan fingerprint density at radius 3 is 2.63 bits per heavy atom. The quantitative estimate of drug-likeness (QED) is 0.652. The SMILES string of the molecule is Cc1ccc(-c2cc(C(F)(F)F)on2)cc1S(=O)(=O)NCCc1cccs1. The van der Waals surface area contributed by atoms with Crippen molar-refractivity contribution < 1.29 is 26.1 Å². The Kier molecular flexibility index (Phi) is 5.41. The summed E-state index contributed by atoms with van der Waals surface area (Å²) in [6.45, 7) is 1.83. The number of alkyl halides is 3. The molecule has 0 aliphatic rings. The van der Waals surface area contributed by atoms with Crippen LogP contribution in [-0.2, 0) is 22.6 Å². The van der Waals surface area contributed by atoms with E-state index < -0.39 is 22.0 Å². The molecule has 144 valence electrons. The van der Waals surface area contributed by atoms with E-state index in [0.29, 0.717) is 12.0 Å². The third kappa shape index (κ3) is 4.57. The molecule has 2 aromatic heterocycles. The number of hydrogen-bond acceptors (Lipinski definition) is 5. The maximum atomic E-state index is 12.7. The van der Waals surface area contributed by atoms with Crippen molar-refractivity contribution in [3.63, 3.8) is 0 Å². The van der Waals surface area contributed by atoms with Crippen molar-refractivity contribution in [3.8, 4) is 11.3 Å². The molecule has 1 aromatic carbocycles. The van der Waals surface area contributed by atoms with Crippen LogP contribution in [0.3, 0.4) is 0 Å². The number of sulfonamides is 1. The maximum Gasteiger partial charge on any atom is 0.452 e.